The molecule has 0 unspecified atom stereocenters. The summed E-state index contributed by atoms with van der Waals surface area (Å²) in [6.45, 7) is 5.77. The Hall–Kier alpha value is -2.74. The summed E-state index contributed by atoms with van der Waals surface area (Å²) >= 11 is 0. The van der Waals surface area contributed by atoms with Gasteiger partial charge < -0.3 is 14.4 Å². The molecule has 0 bridgehead atoms. The highest BCUT2D eigenvalue weighted by Gasteiger charge is 2.24. The van der Waals surface area contributed by atoms with Gasteiger partial charge in [0.25, 0.3) is 0 Å². The first-order valence-electron chi connectivity index (χ1n) is 8.27. The predicted octanol–water partition coefficient (Wildman–Crippen LogP) is 1.81. The molecule has 0 N–H and O–H groups in total. The van der Waals surface area contributed by atoms with Gasteiger partial charge in [-0.05, 0) is 38.1 Å². The van der Waals surface area contributed by atoms with Crippen molar-refractivity contribution in [1.29, 1.82) is 0 Å². The van der Waals surface area contributed by atoms with Gasteiger partial charge in [0.15, 0.2) is 5.65 Å². The molecule has 2 atom stereocenters. The summed E-state index contributed by atoms with van der Waals surface area (Å²) < 4.78 is 12.7. The second-order valence-electron chi connectivity index (χ2n) is 6.23. The van der Waals surface area contributed by atoms with Gasteiger partial charge in [0.1, 0.15) is 17.3 Å². The Morgan fingerprint density at radius 3 is 2.56 bits per heavy atom. The van der Waals surface area contributed by atoms with E-state index in [1.807, 2.05) is 24.3 Å². The summed E-state index contributed by atoms with van der Waals surface area (Å²) in [6.07, 6.45) is 2.00. The zero-order chi connectivity index (χ0) is 17.4. The van der Waals surface area contributed by atoms with Crippen LogP contribution in [-0.2, 0) is 4.74 Å². The minimum atomic E-state index is 0.171. The van der Waals surface area contributed by atoms with E-state index >= 15 is 0 Å². The Labute approximate surface area is 145 Å². The van der Waals surface area contributed by atoms with Gasteiger partial charge in [-0.3, -0.25) is 0 Å². The molecule has 8 nitrogen and oxygen atoms in total. The van der Waals surface area contributed by atoms with Crippen LogP contribution in [0.2, 0.25) is 0 Å². The monoisotopic (exact) mass is 340 g/mol. The first kappa shape index (κ1) is 15.8. The molecular formula is C17H20N6O2. The summed E-state index contributed by atoms with van der Waals surface area (Å²) in [6, 6.07) is 7.59. The van der Waals surface area contributed by atoms with Crippen molar-refractivity contribution in [1.82, 2.24) is 24.8 Å². The van der Waals surface area contributed by atoms with Crippen LogP contribution in [0.5, 0.6) is 5.75 Å². The average Bonchev–Trinajstić information content (AvgIpc) is 3.04. The van der Waals surface area contributed by atoms with Crippen LogP contribution < -0.4 is 9.64 Å². The number of rotatable bonds is 3. The molecule has 0 aliphatic carbocycles. The van der Waals surface area contributed by atoms with Crippen molar-refractivity contribution in [3.8, 4) is 17.3 Å². The molecule has 0 aromatic carbocycles. The van der Waals surface area contributed by atoms with Crippen LogP contribution in [0.3, 0.4) is 0 Å². The summed E-state index contributed by atoms with van der Waals surface area (Å²) in [5.74, 6) is 2.18. The number of ether oxygens (including phenoxy) is 2. The number of hydrogen-bond donors (Lipinski definition) is 0. The van der Waals surface area contributed by atoms with Gasteiger partial charge in [0, 0.05) is 13.1 Å². The van der Waals surface area contributed by atoms with Crippen LogP contribution in [0.25, 0.3) is 17.2 Å². The standard InChI is InChI=1S/C17H20N6O2/c1-11-9-22(10-12(2)25-11)16-7-6-15-19-20-17(23(15)21-16)14-5-4-13(24-3)8-18-14/h4-8,11-12H,9-10H2,1-3H3/t11-,12+. The quantitative estimate of drug-likeness (QED) is 0.719. The molecule has 3 aromatic heterocycles. The Morgan fingerprint density at radius 2 is 1.88 bits per heavy atom. The molecule has 0 spiro atoms. The van der Waals surface area contributed by atoms with Crippen molar-refractivity contribution in [2.24, 2.45) is 0 Å². The molecule has 3 aromatic rings. The summed E-state index contributed by atoms with van der Waals surface area (Å²) in [4.78, 5) is 6.61. The summed E-state index contributed by atoms with van der Waals surface area (Å²) in [5, 5.41) is 13.2. The minimum Gasteiger partial charge on any atom is -0.495 e. The Morgan fingerprint density at radius 1 is 1.08 bits per heavy atom. The lowest BCUT2D eigenvalue weighted by molar-refractivity contribution is -0.00551. The van der Waals surface area contributed by atoms with E-state index in [9.17, 15) is 0 Å². The number of methoxy groups -OCH3 is 1. The van der Waals surface area contributed by atoms with Crippen molar-refractivity contribution >= 4 is 11.5 Å². The summed E-state index contributed by atoms with van der Waals surface area (Å²) in [5.41, 5.74) is 1.38. The fourth-order valence-corrected chi connectivity index (χ4v) is 3.11. The molecule has 1 saturated heterocycles. The second-order valence-corrected chi connectivity index (χ2v) is 6.23. The van der Waals surface area contributed by atoms with Crippen molar-refractivity contribution < 1.29 is 9.47 Å². The maximum atomic E-state index is 5.80. The molecule has 8 heteroatoms. The smallest absolute Gasteiger partial charge is 0.203 e. The maximum absolute atomic E-state index is 5.80. The largest absolute Gasteiger partial charge is 0.495 e. The SMILES string of the molecule is COc1ccc(-c2nnc3ccc(N4C[C@@H](C)O[C@@H](C)C4)nn23)nc1. The molecular weight excluding hydrogens is 320 g/mol. The number of hydrogen-bond acceptors (Lipinski definition) is 7. The lowest BCUT2D eigenvalue weighted by Crippen LogP contribution is -2.46. The fourth-order valence-electron chi connectivity index (χ4n) is 3.11. The topological polar surface area (TPSA) is 77.7 Å². The van der Waals surface area contributed by atoms with Gasteiger partial charge >= 0.3 is 0 Å². The number of nitrogens with zero attached hydrogens (tertiary/aromatic N) is 6. The summed E-state index contributed by atoms with van der Waals surface area (Å²) in [7, 11) is 1.61. The van der Waals surface area contributed by atoms with Gasteiger partial charge in [0.05, 0.1) is 25.5 Å². The first-order chi connectivity index (χ1) is 12.1. The molecule has 0 saturated carbocycles. The fraction of sp³-hybridized carbons (Fsp3) is 0.412. The van der Waals surface area contributed by atoms with E-state index in [1.165, 1.54) is 0 Å². The van der Waals surface area contributed by atoms with Gasteiger partial charge in [-0.15, -0.1) is 15.3 Å². The van der Waals surface area contributed by atoms with Gasteiger partial charge in [-0.2, -0.15) is 4.52 Å². The molecule has 0 radical (unpaired) electrons. The lowest BCUT2D eigenvalue weighted by atomic mass is 10.2. The van der Waals surface area contributed by atoms with Gasteiger partial charge in [-0.1, -0.05) is 0 Å². The third kappa shape index (κ3) is 3.00. The van der Waals surface area contributed by atoms with E-state index in [-0.39, 0.29) is 12.2 Å². The number of aromatic nitrogens is 5. The molecule has 1 aliphatic rings. The van der Waals surface area contributed by atoms with Crippen LogP contribution in [0.1, 0.15) is 13.8 Å². The van der Waals surface area contributed by atoms with E-state index in [0.717, 1.165) is 18.9 Å². The van der Waals surface area contributed by atoms with Crippen molar-refractivity contribution in [2.45, 2.75) is 26.1 Å². The number of pyridine rings is 1. The highest BCUT2D eigenvalue weighted by Crippen LogP contribution is 2.22. The third-order valence-corrected chi connectivity index (χ3v) is 4.19. The number of fused-ring (bicyclic) bond motifs is 1. The Bertz CT molecular complexity index is 868. The van der Waals surface area contributed by atoms with Crippen LogP contribution in [0.4, 0.5) is 5.82 Å². The first-order valence-corrected chi connectivity index (χ1v) is 8.27. The zero-order valence-corrected chi connectivity index (χ0v) is 14.5. The normalized spacial score (nSPS) is 20.8. The van der Waals surface area contributed by atoms with Crippen molar-refractivity contribution in [3.05, 3.63) is 30.5 Å². The van der Waals surface area contributed by atoms with Crippen molar-refractivity contribution in [3.63, 3.8) is 0 Å². The van der Waals surface area contributed by atoms with Gasteiger partial charge in [-0.25, -0.2) is 4.98 Å². The third-order valence-electron chi connectivity index (χ3n) is 4.19. The van der Waals surface area contributed by atoms with E-state index in [4.69, 9.17) is 14.6 Å². The second kappa shape index (κ2) is 6.29. The van der Waals surface area contributed by atoms with E-state index in [1.54, 1.807) is 17.8 Å². The lowest BCUT2D eigenvalue weighted by Gasteiger charge is -2.35. The van der Waals surface area contributed by atoms with E-state index in [2.05, 4.69) is 33.9 Å². The molecule has 1 aliphatic heterocycles. The molecule has 4 heterocycles. The predicted molar refractivity (Wildman–Crippen MR) is 92.8 cm³/mol. The van der Waals surface area contributed by atoms with Crippen LogP contribution >= 0.6 is 0 Å². The van der Waals surface area contributed by atoms with Crippen LogP contribution in [0.15, 0.2) is 30.5 Å². The molecule has 1 fully saturated rings. The Balaban J connectivity index is 1.72. The molecule has 25 heavy (non-hydrogen) atoms. The van der Waals surface area contributed by atoms with E-state index < -0.39 is 0 Å². The number of anilines is 1. The maximum Gasteiger partial charge on any atom is 0.203 e. The van der Waals surface area contributed by atoms with Crippen LogP contribution in [0, 0.1) is 0 Å². The van der Waals surface area contributed by atoms with Crippen LogP contribution in [-0.4, -0.2) is 57.2 Å². The highest BCUT2D eigenvalue weighted by atomic mass is 16.5. The van der Waals surface area contributed by atoms with Gasteiger partial charge in [0.2, 0.25) is 5.82 Å². The molecule has 4 rings (SSSR count). The molecule has 0 amide bonds. The highest BCUT2D eigenvalue weighted by molar-refractivity contribution is 5.56. The number of morpholine rings is 1. The van der Waals surface area contributed by atoms with Crippen molar-refractivity contribution in [2.75, 3.05) is 25.1 Å². The Kier molecular flexibility index (Phi) is 3.96. The molecule has 130 valence electrons. The zero-order valence-electron chi connectivity index (χ0n) is 14.5. The minimum absolute atomic E-state index is 0.171. The van der Waals surface area contributed by atoms with E-state index in [0.29, 0.717) is 22.9 Å². The average molecular weight is 340 g/mol.